The molecule has 0 aromatic rings. The molecule has 0 aromatic carbocycles. The van der Waals surface area contributed by atoms with Crippen molar-refractivity contribution in [3.05, 3.63) is 0 Å². The summed E-state index contributed by atoms with van der Waals surface area (Å²) in [6.45, 7) is 6.76. The van der Waals surface area contributed by atoms with Crippen LogP contribution in [-0.2, 0) is 9.53 Å². The van der Waals surface area contributed by atoms with Crippen LogP contribution in [-0.4, -0.2) is 48.3 Å². The van der Waals surface area contributed by atoms with E-state index in [9.17, 15) is 4.79 Å². The molecule has 0 atom stereocenters. The van der Waals surface area contributed by atoms with Crippen molar-refractivity contribution in [2.45, 2.75) is 32.7 Å². The summed E-state index contributed by atoms with van der Waals surface area (Å²) in [6, 6.07) is 0.295. The van der Waals surface area contributed by atoms with Gasteiger partial charge in [0.1, 0.15) is 0 Å². The molecule has 0 spiro atoms. The van der Waals surface area contributed by atoms with E-state index in [0.29, 0.717) is 12.0 Å². The Morgan fingerprint density at radius 2 is 2.07 bits per heavy atom. The van der Waals surface area contributed by atoms with E-state index >= 15 is 0 Å². The predicted octanol–water partition coefficient (Wildman–Crippen LogP) is 1.21. The highest BCUT2D eigenvalue weighted by Gasteiger charge is 2.20. The standard InChI is InChI=1S/C11H21NO3/c1-9(2)12(8-11(13)14)7-10-3-5-15-6-4-10/h9-10H,3-8H2,1-2H3,(H,13,14). The molecule has 1 saturated heterocycles. The average molecular weight is 215 g/mol. The van der Waals surface area contributed by atoms with Crippen molar-refractivity contribution in [2.24, 2.45) is 5.92 Å². The second kappa shape index (κ2) is 6.08. The lowest BCUT2D eigenvalue weighted by Crippen LogP contribution is -2.40. The minimum absolute atomic E-state index is 0.148. The van der Waals surface area contributed by atoms with Gasteiger partial charge in [0, 0.05) is 25.8 Å². The van der Waals surface area contributed by atoms with E-state index in [1.807, 2.05) is 18.7 Å². The lowest BCUT2D eigenvalue weighted by molar-refractivity contribution is -0.139. The molecular formula is C11H21NO3. The van der Waals surface area contributed by atoms with Gasteiger partial charge < -0.3 is 9.84 Å². The summed E-state index contributed by atoms with van der Waals surface area (Å²) in [5.74, 6) is -0.142. The van der Waals surface area contributed by atoms with Gasteiger partial charge in [-0.05, 0) is 32.6 Å². The third-order valence-corrected chi connectivity index (χ3v) is 2.90. The number of rotatable bonds is 5. The molecule has 88 valence electrons. The zero-order valence-electron chi connectivity index (χ0n) is 9.61. The number of nitrogens with zero attached hydrogens (tertiary/aromatic N) is 1. The van der Waals surface area contributed by atoms with Crippen LogP contribution in [0, 0.1) is 5.92 Å². The molecule has 0 bridgehead atoms. The lowest BCUT2D eigenvalue weighted by atomic mass is 9.99. The number of ether oxygens (including phenoxy) is 1. The number of hydrogen-bond donors (Lipinski definition) is 1. The third kappa shape index (κ3) is 4.62. The summed E-state index contributed by atoms with van der Waals surface area (Å²) in [5, 5.41) is 8.80. The molecule has 0 radical (unpaired) electrons. The summed E-state index contributed by atoms with van der Waals surface area (Å²) in [7, 11) is 0. The van der Waals surface area contributed by atoms with Crippen LogP contribution in [0.25, 0.3) is 0 Å². The number of carbonyl (C=O) groups is 1. The van der Waals surface area contributed by atoms with Crippen molar-refractivity contribution in [1.82, 2.24) is 4.90 Å². The van der Waals surface area contributed by atoms with E-state index in [-0.39, 0.29) is 6.54 Å². The monoisotopic (exact) mass is 215 g/mol. The number of hydrogen-bond acceptors (Lipinski definition) is 3. The van der Waals surface area contributed by atoms with E-state index in [1.165, 1.54) is 0 Å². The van der Waals surface area contributed by atoms with Crippen molar-refractivity contribution < 1.29 is 14.6 Å². The maximum Gasteiger partial charge on any atom is 0.317 e. The minimum atomic E-state index is -0.740. The summed E-state index contributed by atoms with van der Waals surface area (Å²) in [6.07, 6.45) is 2.12. The first-order chi connectivity index (χ1) is 7.09. The van der Waals surface area contributed by atoms with Crippen LogP contribution in [0.3, 0.4) is 0 Å². The van der Waals surface area contributed by atoms with Gasteiger partial charge >= 0.3 is 5.97 Å². The second-order valence-electron chi connectivity index (χ2n) is 4.47. The van der Waals surface area contributed by atoms with E-state index in [4.69, 9.17) is 9.84 Å². The van der Waals surface area contributed by atoms with Gasteiger partial charge in [-0.2, -0.15) is 0 Å². The van der Waals surface area contributed by atoms with E-state index in [1.54, 1.807) is 0 Å². The Morgan fingerprint density at radius 3 is 2.53 bits per heavy atom. The molecule has 0 aliphatic carbocycles. The van der Waals surface area contributed by atoms with Crippen LogP contribution in [0.5, 0.6) is 0 Å². The smallest absolute Gasteiger partial charge is 0.317 e. The molecule has 1 fully saturated rings. The molecule has 4 nitrogen and oxygen atoms in total. The SMILES string of the molecule is CC(C)N(CC(=O)O)CC1CCOCC1. The van der Waals surface area contributed by atoms with Gasteiger partial charge in [0.05, 0.1) is 6.54 Å². The third-order valence-electron chi connectivity index (χ3n) is 2.90. The van der Waals surface area contributed by atoms with Crippen LogP contribution >= 0.6 is 0 Å². The average Bonchev–Trinajstić information content (AvgIpc) is 2.17. The Balaban J connectivity index is 2.38. The molecule has 0 saturated carbocycles. The molecule has 4 heteroatoms. The Kier molecular flexibility index (Phi) is 5.05. The maximum absolute atomic E-state index is 10.7. The van der Waals surface area contributed by atoms with E-state index in [0.717, 1.165) is 32.6 Å². The van der Waals surface area contributed by atoms with Crippen molar-refractivity contribution >= 4 is 5.97 Å². The molecule has 0 aromatic heterocycles. The van der Waals surface area contributed by atoms with Crippen molar-refractivity contribution in [3.63, 3.8) is 0 Å². The van der Waals surface area contributed by atoms with Crippen molar-refractivity contribution in [1.29, 1.82) is 0 Å². The first kappa shape index (κ1) is 12.5. The first-order valence-electron chi connectivity index (χ1n) is 5.63. The van der Waals surface area contributed by atoms with Gasteiger partial charge in [-0.1, -0.05) is 0 Å². The Bertz CT molecular complexity index is 200. The first-order valence-corrected chi connectivity index (χ1v) is 5.63. The zero-order valence-corrected chi connectivity index (χ0v) is 9.61. The molecule has 1 aliphatic rings. The van der Waals surface area contributed by atoms with Gasteiger partial charge in [-0.15, -0.1) is 0 Å². The molecule has 15 heavy (non-hydrogen) atoms. The summed E-state index contributed by atoms with van der Waals surface area (Å²) in [4.78, 5) is 12.7. The topological polar surface area (TPSA) is 49.8 Å². The molecule has 1 rings (SSSR count). The van der Waals surface area contributed by atoms with Gasteiger partial charge in [0.15, 0.2) is 0 Å². The molecule has 1 aliphatic heterocycles. The quantitative estimate of drug-likeness (QED) is 0.749. The van der Waals surface area contributed by atoms with Crippen LogP contribution in [0.4, 0.5) is 0 Å². The fourth-order valence-electron chi connectivity index (χ4n) is 1.89. The summed E-state index contributed by atoms with van der Waals surface area (Å²) < 4.78 is 5.29. The highest BCUT2D eigenvalue weighted by molar-refractivity contribution is 5.69. The lowest BCUT2D eigenvalue weighted by Gasteiger charge is -2.31. The zero-order chi connectivity index (χ0) is 11.3. The fourth-order valence-corrected chi connectivity index (χ4v) is 1.89. The summed E-state index contributed by atoms with van der Waals surface area (Å²) in [5.41, 5.74) is 0. The van der Waals surface area contributed by atoms with E-state index < -0.39 is 5.97 Å². The maximum atomic E-state index is 10.7. The van der Waals surface area contributed by atoms with Crippen molar-refractivity contribution in [2.75, 3.05) is 26.3 Å². The van der Waals surface area contributed by atoms with Gasteiger partial charge in [0.2, 0.25) is 0 Å². The highest BCUT2D eigenvalue weighted by Crippen LogP contribution is 2.17. The second-order valence-corrected chi connectivity index (χ2v) is 4.47. The van der Waals surface area contributed by atoms with Gasteiger partial charge in [-0.3, -0.25) is 9.69 Å². The fraction of sp³-hybridized carbons (Fsp3) is 0.909. The van der Waals surface area contributed by atoms with Gasteiger partial charge in [0.25, 0.3) is 0 Å². The molecule has 1 heterocycles. The molecular weight excluding hydrogens is 194 g/mol. The Morgan fingerprint density at radius 1 is 1.47 bits per heavy atom. The summed E-state index contributed by atoms with van der Waals surface area (Å²) >= 11 is 0. The van der Waals surface area contributed by atoms with Gasteiger partial charge in [-0.25, -0.2) is 0 Å². The van der Waals surface area contributed by atoms with Crippen LogP contribution in [0.1, 0.15) is 26.7 Å². The van der Waals surface area contributed by atoms with E-state index in [2.05, 4.69) is 0 Å². The van der Waals surface area contributed by atoms with Crippen molar-refractivity contribution in [3.8, 4) is 0 Å². The molecule has 0 amide bonds. The predicted molar refractivity (Wildman–Crippen MR) is 57.9 cm³/mol. The molecule has 1 N–H and O–H groups in total. The normalized spacial score (nSPS) is 18.7. The Labute approximate surface area is 91.2 Å². The number of aliphatic carboxylic acids is 1. The minimum Gasteiger partial charge on any atom is -0.480 e. The van der Waals surface area contributed by atoms with Crippen LogP contribution < -0.4 is 0 Å². The molecule has 0 unspecified atom stereocenters. The number of carboxylic acid groups (broad SMARTS) is 1. The Hall–Kier alpha value is -0.610. The van der Waals surface area contributed by atoms with Crippen LogP contribution in [0.2, 0.25) is 0 Å². The highest BCUT2D eigenvalue weighted by atomic mass is 16.5. The number of carboxylic acids is 1. The largest absolute Gasteiger partial charge is 0.480 e. The van der Waals surface area contributed by atoms with Crippen LogP contribution in [0.15, 0.2) is 0 Å².